The number of hydrogen-bond donors (Lipinski definition) is 1. The maximum absolute atomic E-state index is 12.5. The van der Waals surface area contributed by atoms with Crippen LogP contribution in [0.5, 0.6) is 0 Å². The van der Waals surface area contributed by atoms with Crippen LogP contribution in [0.3, 0.4) is 0 Å². The lowest BCUT2D eigenvalue weighted by atomic mass is 10.2. The summed E-state index contributed by atoms with van der Waals surface area (Å²) in [5.74, 6) is 0.175. The van der Waals surface area contributed by atoms with E-state index in [-0.39, 0.29) is 11.6 Å². The standard InChI is InChI=1S/C16H12N4O2S/c1-20-8-17-11-7-10(4-5-12(11)20)19-16(21)14-15(22-9-18-14)13-3-2-6-23-13/h2-9H,1H3,(H,19,21). The SMILES string of the molecule is Cn1cnc2cc(NC(=O)c3ncoc3-c3cccs3)ccc21. The maximum Gasteiger partial charge on any atom is 0.278 e. The van der Waals surface area contributed by atoms with Crippen molar-refractivity contribution in [2.24, 2.45) is 7.05 Å². The minimum atomic E-state index is -0.308. The molecule has 0 spiro atoms. The lowest BCUT2D eigenvalue weighted by molar-refractivity contribution is 0.102. The molecule has 0 aliphatic carbocycles. The highest BCUT2D eigenvalue weighted by Gasteiger charge is 2.19. The number of rotatable bonds is 3. The summed E-state index contributed by atoms with van der Waals surface area (Å²) in [5, 5.41) is 4.77. The topological polar surface area (TPSA) is 73.0 Å². The highest BCUT2D eigenvalue weighted by molar-refractivity contribution is 7.13. The lowest BCUT2D eigenvalue weighted by Crippen LogP contribution is -2.13. The number of nitrogens with zero attached hydrogens (tertiary/aromatic N) is 3. The van der Waals surface area contributed by atoms with Gasteiger partial charge in [-0.2, -0.15) is 0 Å². The summed E-state index contributed by atoms with van der Waals surface area (Å²) < 4.78 is 7.29. The minimum Gasteiger partial charge on any atom is -0.442 e. The number of aryl methyl sites for hydroxylation is 1. The van der Waals surface area contributed by atoms with Gasteiger partial charge >= 0.3 is 0 Å². The van der Waals surface area contributed by atoms with Crippen molar-refractivity contribution >= 4 is 34.0 Å². The first-order valence-electron chi connectivity index (χ1n) is 6.92. The number of carbonyl (C=O) groups is 1. The van der Waals surface area contributed by atoms with Gasteiger partial charge in [-0.15, -0.1) is 11.3 Å². The normalized spacial score (nSPS) is 11.0. The number of benzene rings is 1. The van der Waals surface area contributed by atoms with E-state index in [0.29, 0.717) is 11.4 Å². The van der Waals surface area contributed by atoms with E-state index in [1.54, 1.807) is 6.33 Å². The molecule has 4 rings (SSSR count). The van der Waals surface area contributed by atoms with Crippen molar-refractivity contribution in [2.45, 2.75) is 0 Å². The first-order valence-corrected chi connectivity index (χ1v) is 7.80. The smallest absolute Gasteiger partial charge is 0.278 e. The Balaban J connectivity index is 1.63. The Hall–Kier alpha value is -2.93. The van der Waals surface area contributed by atoms with Crippen LogP contribution in [0.4, 0.5) is 5.69 Å². The van der Waals surface area contributed by atoms with E-state index in [4.69, 9.17) is 4.42 Å². The molecule has 0 saturated heterocycles. The number of amides is 1. The Kier molecular flexibility index (Phi) is 3.20. The van der Waals surface area contributed by atoms with Gasteiger partial charge in [-0.25, -0.2) is 9.97 Å². The van der Waals surface area contributed by atoms with E-state index in [0.717, 1.165) is 15.9 Å². The lowest BCUT2D eigenvalue weighted by Gasteiger charge is -2.04. The zero-order chi connectivity index (χ0) is 15.8. The molecule has 0 unspecified atom stereocenters. The molecule has 3 aromatic heterocycles. The molecular weight excluding hydrogens is 312 g/mol. The summed E-state index contributed by atoms with van der Waals surface area (Å²) in [4.78, 5) is 21.7. The molecule has 3 heterocycles. The minimum absolute atomic E-state index is 0.272. The van der Waals surface area contributed by atoms with Gasteiger partial charge in [0.25, 0.3) is 5.91 Å². The number of thiophene rings is 1. The molecule has 0 aliphatic rings. The summed E-state index contributed by atoms with van der Waals surface area (Å²) in [6.07, 6.45) is 3.02. The van der Waals surface area contributed by atoms with Gasteiger partial charge in [0.15, 0.2) is 17.8 Å². The van der Waals surface area contributed by atoms with Crippen LogP contribution >= 0.6 is 11.3 Å². The zero-order valence-electron chi connectivity index (χ0n) is 12.2. The van der Waals surface area contributed by atoms with Crippen molar-refractivity contribution in [3.8, 4) is 10.6 Å². The second-order valence-electron chi connectivity index (χ2n) is 5.02. The summed E-state index contributed by atoms with van der Waals surface area (Å²) in [7, 11) is 1.93. The number of nitrogens with one attached hydrogen (secondary N) is 1. The van der Waals surface area contributed by atoms with Crippen LogP contribution in [0, 0.1) is 0 Å². The van der Waals surface area contributed by atoms with E-state index in [9.17, 15) is 4.79 Å². The van der Waals surface area contributed by atoms with Crippen LogP contribution < -0.4 is 5.32 Å². The van der Waals surface area contributed by atoms with E-state index in [2.05, 4.69) is 15.3 Å². The third kappa shape index (κ3) is 2.40. The van der Waals surface area contributed by atoms with Crippen molar-refractivity contribution in [1.29, 1.82) is 0 Å². The second-order valence-corrected chi connectivity index (χ2v) is 5.97. The van der Waals surface area contributed by atoms with E-state index in [1.807, 2.05) is 47.3 Å². The fourth-order valence-electron chi connectivity index (χ4n) is 2.39. The molecule has 1 aromatic carbocycles. The van der Waals surface area contributed by atoms with Crippen molar-refractivity contribution in [2.75, 3.05) is 5.32 Å². The monoisotopic (exact) mass is 324 g/mol. The molecule has 0 atom stereocenters. The molecular formula is C16H12N4O2S. The first-order chi connectivity index (χ1) is 11.2. The van der Waals surface area contributed by atoms with Crippen LogP contribution in [0.2, 0.25) is 0 Å². The number of anilines is 1. The van der Waals surface area contributed by atoms with Gasteiger partial charge in [-0.1, -0.05) is 6.07 Å². The van der Waals surface area contributed by atoms with Gasteiger partial charge in [-0.05, 0) is 29.6 Å². The average molecular weight is 324 g/mol. The van der Waals surface area contributed by atoms with Crippen molar-refractivity contribution in [3.05, 3.63) is 54.1 Å². The predicted molar refractivity (Wildman–Crippen MR) is 88.5 cm³/mol. The molecule has 1 amide bonds. The maximum atomic E-state index is 12.5. The summed E-state index contributed by atoms with van der Waals surface area (Å²) in [5.41, 5.74) is 2.77. The molecule has 23 heavy (non-hydrogen) atoms. The number of oxazole rings is 1. The molecule has 0 aliphatic heterocycles. The quantitative estimate of drug-likeness (QED) is 0.625. The summed E-state index contributed by atoms with van der Waals surface area (Å²) >= 11 is 1.50. The van der Waals surface area contributed by atoms with E-state index in [1.165, 1.54) is 17.7 Å². The highest BCUT2D eigenvalue weighted by Crippen LogP contribution is 2.28. The van der Waals surface area contributed by atoms with Crippen LogP contribution in [0.15, 0.2) is 52.9 Å². The van der Waals surface area contributed by atoms with Gasteiger partial charge in [-0.3, -0.25) is 4.79 Å². The first kappa shape index (κ1) is 13.7. The molecule has 0 bridgehead atoms. The number of fused-ring (bicyclic) bond motifs is 1. The van der Waals surface area contributed by atoms with Gasteiger partial charge in [0.2, 0.25) is 0 Å². The Morgan fingerprint density at radius 3 is 3.04 bits per heavy atom. The molecule has 4 aromatic rings. The van der Waals surface area contributed by atoms with Crippen LogP contribution in [0.1, 0.15) is 10.5 Å². The van der Waals surface area contributed by atoms with Gasteiger partial charge in [0, 0.05) is 12.7 Å². The average Bonchev–Trinajstić information content (AvgIpc) is 3.27. The highest BCUT2D eigenvalue weighted by atomic mass is 32.1. The number of aromatic nitrogens is 3. The van der Waals surface area contributed by atoms with E-state index < -0.39 is 0 Å². The number of carbonyl (C=O) groups excluding carboxylic acids is 1. The molecule has 0 saturated carbocycles. The third-order valence-corrected chi connectivity index (χ3v) is 4.38. The Bertz CT molecular complexity index is 985. The fourth-order valence-corrected chi connectivity index (χ4v) is 3.11. The second kappa shape index (κ2) is 5.36. The van der Waals surface area contributed by atoms with Crippen molar-refractivity contribution < 1.29 is 9.21 Å². The largest absolute Gasteiger partial charge is 0.442 e. The fraction of sp³-hybridized carbons (Fsp3) is 0.0625. The van der Waals surface area contributed by atoms with Crippen LogP contribution in [-0.4, -0.2) is 20.4 Å². The van der Waals surface area contributed by atoms with Gasteiger partial charge in [0.1, 0.15) is 0 Å². The zero-order valence-corrected chi connectivity index (χ0v) is 13.0. The molecule has 7 heteroatoms. The van der Waals surface area contributed by atoms with Gasteiger partial charge in [0.05, 0.1) is 22.2 Å². The Labute approximate surface area is 135 Å². The molecule has 0 radical (unpaired) electrons. The molecule has 6 nitrogen and oxygen atoms in total. The number of imidazole rings is 1. The molecule has 114 valence electrons. The summed E-state index contributed by atoms with van der Waals surface area (Å²) in [6.45, 7) is 0. The predicted octanol–water partition coefficient (Wildman–Crippen LogP) is 3.54. The van der Waals surface area contributed by atoms with Crippen LogP contribution in [-0.2, 0) is 7.05 Å². The van der Waals surface area contributed by atoms with E-state index >= 15 is 0 Å². The van der Waals surface area contributed by atoms with Crippen LogP contribution in [0.25, 0.3) is 21.7 Å². The number of hydrogen-bond acceptors (Lipinski definition) is 5. The Morgan fingerprint density at radius 2 is 2.22 bits per heavy atom. The summed E-state index contributed by atoms with van der Waals surface area (Å²) in [6, 6.07) is 9.38. The Morgan fingerprint density at radius 1 is 1.30 bits per heavy atom. The third-order valence-electron chi connectivity index (χ3n) is 3.51. The van der Waals surface area contributed by atoms with Crippen molar-refractivity contribution in [3.63, 3.8) is 0 Å². The molecule has 0 fully saturated rings. The van der Waals surface area contributed by atoms with Crippen molar-refractivity contribution in [1.82, 2.24) is 14.5 Å². The molecule has 1 N–H and O–H groups in total. The van der Waals surface area contributed by atoms with Gasteiger partial charge < -0.3 is 14.3 Å².